The Balaban J connectivity index is 3.09. The summed E-state index contributed by atoms with van der Waals surface area (Å²) in [4.78, 5) is 115. The van der Waals surface area contributed by atoms with Crippen LogP contribution in [0, 0.1) is 5.92 Å². The number of phenolic OH excluding ortho intramolecular Hbond substituents is 1. The fourth-order valence-corrected chi connectivity index (χ4v) is 5.41. The lowest BCUT2D eigenvalue weighted by atomic mass is 10.0. The van der Waals surface area contributed by atoms with Gasteiger partial charge in [-0.2, -0.15) is 0 Å². The lowest BCUT2D eigenvalue weighted by Gasteiger charge is -2.27. The SMILES string of the molecule is CC(C)C[C@H](NC(=O)[C@H](CCCCN)NC(=O)[C@H](CC(N)=O)NC(=O)[C@H](C)NC(=O)[C@H](CO)NC(=O)[C@@H](N)Cc1ccc(O)cc1)C(=O)N[C@@H](C)C(=O)N[C@@H](CO)C(=O)O. The van der Waals surface area contributed by atoms with Crippen LogP contribution in [0.1, 0.15) is 65.4 Å². The van der Waals surface area contributed by atoms with Crippen LogP contribution in [0.25, 0.3) is 0 Å². The molecule has 0 aliphatic heterocycles. The van der Waals surface area contributed by atoms with Crippen molar-refractivity contribution in [3.05, 3.63) is 29.8 Å². The van der Waals surface area contributed by atoms with Crippen LogP contribution in [0.5, 0.6) is 5.75 Å². The molecule has 0 spiro atoms. The molecule has 336 valence electrons. The number of nitrogens with two attached hydrogens (primary N) is 3. The van der Waals surface area contributed by atoms with Crippen LogP contribution in [0.3, 0.4) is 0 Å². The first-order valence-corrected chi connectivity index (χ1v) is 19.2. The van der Waals surface area contributed by atoms with Crippen LogP contribution in [0.15, 0.2) is 24.3 Å². The number of phenols is 1. The first kappa shape index (κ1) is 52.1. The second-order valence-electron chi connectivity index (χ2n) is 14.5. The van der Waals surface area contributed by atoms with Crippen LogP contribution >= 0.6 is 0 Å². The Morgan fingerprint density at radius 2 is 1.05 bits per heavy atom. The van der Waals surface area contributed by atoms with Gasteiger partial charge in [0, 0.05) is 0 Å². The highest BCUT2D eigenvalue weighted by atomic mass is 16.4. The predicted octanol–water partition coefficient (Wildman–Crippen LogP) is -5.18. The fraction of sp³-hybridized carbons (Fsp3) is 0.595. The smallest absolute Gasteiger partial charge is 0.328 e. The molecule has 0 heterocycles. The molecule has 0 unspecified atom stereocenters. The number of rotatable bonds is 27. The van der Waals surface area contributed by atoms with E-state index >= 15 is 0 Å². The van der Waals surface area contributed by atoms with E-state index in [2.05, 4.69) is 37.2 Å². The van der Waals surface area contributed by atoms with E-state index in [9.17, 15) is 58.5 Å². The maximum absolute atomic E-state index is 13.7. The Kier molecular flexibility index (Phi) is 22.8. The zero-order valence-electron chi connectivity index (χ0n) is 34.1. The van der Waals surface area contributed by atoms with Gasteiger partial charge in [-0.05, 0) is 76.1 Å². The molecule has 1 rings (SSSR count). The molecule has 23 heteroatoms. The normalized spacial score (nSPS) is 15.0. The summed E-state index contributed by atoms with van der Waals surface area (Å²) in [6.07, 6.45) is 0.0516. The Bertz CT molecular complexity index is 1650. The number of carboxylic acids is 1. The van der Waals surface area contributed by atoms with Crippen molar-refractivity contribution in [1.82, 2.24) is 37.2 Å². The zero-order valence-corrected chi connectivity index (χ0v) is 34.1. The van der Waals surface area contributed by atoms with Crippen molar-refractivity contribution in [2.24, 2.45) is 23.1 Å². The molecule has 0 radical (unpaired) electrons. The van der Waals surface area contributed by atoms with Crippen LogP contribution in [0.4, 0.5) is 0 Å². The molecule has 0 aliphatic rings. The van der Waals surface area contributed by atoms with Gasteiger partial charge in [-0.15, -0.1) is 0 Å². The lowest BCUT2D eigenvalue weighted by Crippen LogP contribution is -2.60. The van der Waals surface area contributed by atoms with Crippen LogP contribution < -0.4 is 54.4 Å². The Hall–Kier alpha value is -5.91. The third-order valence-corrected chi connectivity index (χ3v) is 8.80. The number of amides is 8. The third kappa shape index (κ3) is 18.8. The molecule has 0 aromatic heterocycles. The molecule has 8 atom stereocenters. The van der Waals surface area contributed by atoms with Crippen LogP contribution in [-0.4, -0.2) is 142 Å². The number of hydrogen-bond acceptors (Lipinski definition) is 14. The molecular formula is C37H60N10O13. The molecule has 0 fully saturated rings. The average molecular weight is 853 g/mol. The minimum Gasteiger partial charge on any atom is -0.508 e. The molecule has 17 N–H and O–H groups in total. The number of nitrogens with one attached hydrogen (secondary N) is 7. The molecule has 0 saturated carbocycles. The van der Waals surface area contributed by atoms with Gasteiger partial charge in [0.15, 0.2) is 0 Å². The van der Waals surface area contributed by atoms with Crippen molar-refractivity contribution in [3.63, 3.8) is 0 Å². The Morgan fingerprint density at radius 1 is 0.600 bits per heavy atom. The maximum atomic E-state index is 13.7. The summed E-state index contributed by atoms with van der Waals surface area (Å²) in [5.74, 6) is -9.15. The fourth-order valence-electron chi connectivity index (χ4n) is 5.41. The van der Waals surface area contributed by atoms with E-state index in [0.29, 0.717) is 18.4 Å². The second-order valence-corrected chi connectivity index (χ2v) is 14.5. The van der Waals surface area contributed by atoms with E-state index in [-0.39, 0.29) is 37.5 Å². The number of benzene rings is 1. The molecule has 60 heavy (non-hydrogen) atoms. The number of aliphatic hydroxyl groups excluding tert-OH is 2. The monoisotopic (exact) mass is 852 g/mol. The topological polar surface area (TPSA) is 397 Å². The third-order valence-electron chi connectivity index (χ3n) is 8.80. The summed E-state index contributed by atoms with van der Waals surface area (Å²) in [6, 6.07) is -5.44. The zero-order chi connectivity index (χ0) is 45.7. The van der Waals surface area contributed by atoms with E-state index in [1.165, 1.54) is 26.0 Å². The van der Waals surface area contributed by atoms with Gasteiger partial charge in [0.2, 0.25) is 47.3 Å². The minimum atomic E-state index is -1.67. The number of carbonyl (C=O) groups is 9. The van der Waals surface area contributed by atoms with Gasteiger partial charge in [-0.3, -0.25) is 38.4 Å². The van der Waals surface area contributed by atoms with Gasteiger partial charge < -0.3 is 74.8 Å². The minimum absolute atomic E-state index is 0.00623. The quantitative estimate of drug-likeness (QED) is 0.0368. The molecule has 8 amide bonds. The maximum Gasteiger partial charge on any atom is 0.328 e. The number of aromatic hydroxyl groups is 1. The van der Waals surface area contributed by atoms with E-state index in [1.807, 2.05) is 0 Å². The highest BCUT2D eigenvalue weighted by Gasteiger charge is 2.33. The average Bonchev–Trinajstić information content (AvgIpc) is 3.17. The predicted molar refractivity (Wildman–Crippen MR) is 213 cm³/mol. The van der Waals surface area contributed by atoms with E-state index in [1.54, 1.807) is 26.0 Å². The number of carbonyl (C=O) groups excluding carboxylic acids is 8. The van der Waals surface area contributed by atoms with Gasteiger partial charge in [0.25, 0.3) is 0 Å². The van der Waals surface area contributed by atoms with Crippen LogP contribution in [-0.2, 0) is 49.6 Å². The first-order chi connectivity index (χ1) is 28.1. The van der Waals surface area contributed by atoms with Gasteiger partial charge in [0.1, 0.15) is 48.0 Å². The molecule has 0 saturated heterocycles. The highest BCUT2D eigenvalue weighted by molar-refractivity contribution is 5.98. The summed E-state index contributed by atoms with van der Waals surface area (Å²) in [6.45, 7) is 4.41. The second kappa shape index (κ2) is 26.2. The van der Waals surface area contributed by atoms with Crippen LogP contribution in [0.2, 0.25) is 0 Å². The number of carboxylic acid groups (broad SMARTS) is 1. The van der Waals surface area contributed by atoms with Crippen molar-refractivity contribution in [3.8, 4) is 5.75 Å². The van der Waals surface area contributed by atoms with Gasteiger partial charge in [-0.25, -0.2) is 4.79 Å². The molecule has 1 aromatic rings. The van der Waals surface area contributed by atoms with Crippen molar-refractivity contribution in [2.45, 2.75) is 115 Å². The van der Waals surface area contributed by atoms with E-state index < -0.39 is 121 Å². The summed E-state index contributed by atoms with van der Waals surface area (Å²) in [5, 5.41) is 53.9. The number of hydrogen-bond donors (Lipinski definition) is 14. The molecular weight excluding hydrogens is 792 g/mol. The Labute approximate surface area is 346 Å². The Morgan fingerprint density at radius 3 is 1.53 bits per heavy atom. The standard InChI is InChI=1S/C37H60N10O13/c1-18(2)13-25(34(56)41-20(4)31(53)47-28(17-49)37(59)60)45-33(55)24(7-5-6-12-38)43-35(57)26(15-29(40)51)44-30(52)19(3)42-36(58)27(16-48)46-32(54)23(39)14-21-8-10-22(50)11-9-21/h8-11,18-20,23-28,48-50H,5-7,12-17,38-39H2,1-4H3,(H2,40,51)(H,41,56)(H,42,58)(H,43,57)(H,44,52)(H,45,55)(H,46,54)(H,47,53)(H,59,60)/t19-,20-,23-,24-,25-,26-,27-,28-/m0/s1. The lowest BCUT2D eigenvalue weighted by molar-refractivity contribution is -0.143. The number of aliphatic hydroxyl groups is 2. The van der Waals surface area contributed by atoms with Gasteiger partial charge >= 0.3 is 5.97 Å². The van der Waals surface area contributed by atoms with Gasteiger partial charge in [-0.1, -0.05) is 26.0 Å². The summed E-state index contributed by atoms with van der Waals surface area (Å²) >= 11 is 0. The summed E-state index contributed by atoms with van der Waals surface area (Å²) in [7, 11) is 0. The van der Waals surface area contributed by atoms with Gasteiger partial charge in [0.05, 0.1) is 25.7 Å². The summed E-state index contributed by atoms with van der Waals surface area (Å²) in [5.41, 5.74) is 17.5. The number of unbranched alkanes of at least 4 members (excludes halogenated alkanes) is 1. The molecule has 0 bridgehead atoms. The largest absolute Gasteiger partial charge is 0.508 e. The molecule has 1 aromatic carbocycles. The molecule has 23 nitrogen and oxygen atoms in total. The number of primary amides is 1. The summed E-state index contributed by atoms with van der Waals surface area (Å²) < 4.78 is 0. The van der Waals surface area contributed by atoms with Crippen molar-refractivity contribution in [2.75, 3.05) is 19.8 Å². The van der Waals surface area contributed by atoms with E-state index in [0.717, 1.165) is 0 Å². The first-order valence-electron chi connectivity index (χ1n) is 19.2. The van der Waals surface area contributed by atoms with Crippen molar-refractivity contribution in [1.29, 1.82) is 0 Å². The highest BCUT2D eigenvalue weighted by Crippen LogP contribution is 2.12. The van der Waals surface area contributed by atoms with Crippen molar-refractivity contribution < 1.29 is 63.6 Å². The van der Waals surface area contributed by atoms with Crippen molar-refractivity contribution >= 4 is 53.2 Å². The molecule has 0 aliphatic carbocycles. The number of aliphatic carboxylic acids is 1. The van der Waals surface area contributed by atoms with E-state index in [4.69, 9.17) is 22.3 Å².